The van der Waals surface area contributed by atoms with E-state index in [1.807, 2.05) is 41.3 Å². The number of benzene rings is 2. The highest BCUT2D eigenvalue weighted by Gasteiger charge is 2.48. The van der Waals surface area contributed by atoms with Crippen molar-refractivity contribution in [2.75, 3.05) is 20.2 Å². The molecule has 2 aromatic carbocycles. The molecule has 2 amide bonds. The largest absolute Gasteiger partial charge is 0.497 e. The number of carbonyl (C=O) groups excluding carboxylic acids is 2. The Morgan fingerprint density at radius 1 is 1.08 bits per heavy atom. The van der Waals surface area contributed by atoms with Gasteiger partial charge in [0.2, 0.25) is 11.8 Å². The number of imidazole rings is 1. The maximum Gasteiger partial charge on any atom is 0.226 e. The lowest BCUT2D eigenvalue weighted by Crippen LogP contribution is -2.63. The van der Waals surface area contributed by atoms with E-state index in [1.54, 1.807) is 19.6 Å². The Labute approximate surface area is 229 Å². The van der Waals surface area contributed by atoms with Crippen LogP contribution in [0.2, 0.25) is 5.02 Å². The van der Waals surface area contributed by atoms with Crippen LogP contribution in [0.3, 0.4) is 0 Å². The molecule has 3 aromatic rings. The van der Waals surface area contributed by atoms with Gasteiger partial charge >= 0.3 is 0 Å². The van der Waals surface area contributed by atoms with E-state index >= 15 is 0 Å². The van der Waals surface area contributed by atoms with Gasteiger partial charge in [-0.3, -0.25) is 9.59 Å². The summed E-state index contributed by atoms with van der Waals surface area (Å²) >= 11 is 6.17. The maximum atomic E-state index is 14.1. The number of nitrogens with zero attached hydrogens (tertiary/aromatic N) is 2. The Morgan fingerprint density at radius 3 is 2.37 bits per heavy atom. The average Bonchev–Trinajstić information content (AvgIpc) is 3.41. The van der Waals surface area contributed by atoms with Gasteiger partial charge in [0, 0.05) is 41.8 Å². The van der Waals surface area contributed by atoms with Crippen LogP contribution in [0.25, 0.3) is 0 Å². The normalized spacial score (nSPS) is 15.9. The van der Waals surface area contributed by atoms with E-state index in [4.69, 9.17) is 22.1 Å². The minimum absolute atomic E-state index is 0.0378. The summed E-state index contributed by atoms with van der Waals surface area (Å²) in [4.78, 5) is 35.8. The second kappa shape index (κ2) is 12.5. The number of hydrogen-bond donors (Lipinski definition) is 2. The van der Waals surface area contributed by atoms with Crippen LogP contribution in [0.15, 0.2) is 61.1 Å². The quantitative estimate of drug-likeness (QED) is 0.302. The number of aromatic amines is 1. The summed E-state index contributed by atoms with van der Waals surface area (Å²) in [7, 11) is 1.62. The van der Waals surface area contributed by atoms with Crippen LogP contribution < -0.4 is 10.5 Å². The Kier molecular flexibility index (Phi) is 9.10. The molecule has 2 atom stereocenters. The second-order valence-corrected chi connectivity index (χ2v) is 10.8. The van der Waals surface area contributed by atoms with Gasteiger partial charge in [0.15, 0.2) is 0 Å². The van der Waals surface area contributed by atoms with Crippen molar-refractivity contribution in [2.45, 2.75) is 50.9 Å². The summed E-state index contributed by atoms with van der Waals surface area (Å²) in [6.07, 6.45) is 8.37. The molecular weight excluding hydrogens is 500 g/mol. The second-order valence-electron chi connectivity index (χ2n) is 10.4. The zero-order valence-corrected chi connectivity index (χ0v) is 22.9. The zero-order valence-electron chi connectivity index (χ0n) is 22.2. The number of likely N-dealkylation sites (tertiary alicyclic amines) is 1. The van der Waals surface area contributed by atoms with Crippen molar-refractivity contribution in [3.63, 3.8) is 0 Å². The molecule has 0 bridgehead atoms. The Balaban J connectivity index is 1.59. The third-order valence-electron chi connectivity index (χ3n) is 7.79. The van der Waals surface area contributed by atoms with Crippen LogP contribution in [0.4, 0.5) is 0 Å². The van der Waals surface area contributed by atoms with Crippen LogP contribution in [-0.2, 0) is 27.8 Å². The van der Waals surface area contributed by atoms with Crippen molar-refractivity contribution >= 4 is 23.4 Å². The number of ether oxygens (including phenoxy) is 1. The molecule has 0 spiro atoms. The molecule has 2 heterocycles. The fourth-order valence-electron chi connectivity index (χ4n) is 5.57. The van der Waals surface area contributed by atoms with Gasteiger partial charge in [-0.15, -0.1) is 0 Å². The topological polar surface area (TPSA) is 101 Å². The monoisotopic (exact) mass is 536 g/mol. The Bertz CT molecular complexity index is 1190. The first-order valence-electron chi connectivity index (χ1n) is 13.3. The van der Waals surface area contributed by atoms with Gasteiger partial charge in [-0.05, 0) is 48.2 Å². The molecule has 1 aliphatic rings. The third-order valence-corrected chi connectivity index (χ3v) is 8.04. The van der Waals surface area contributed by atoms with E-state index in [1.165, 1.54) is 5.56 Å². The van der Waals surface area contributed by atoms with Crippen molar-refractivity contribution in [1.82, 2.24) is 14.9 Å². The number of hydrogen-bond acceptors (Lipinski definition) is 4. The van der Waals surface area contributed by atoms with Gasteiger partial charge in [-0.2, -0.15) is 0 Å². The van der Waals surface area contributed by atoms with Gasteiger partial charge in [0.05, 0.1) is 25.3 Å². The van der Waals surface area contributed by atoms with Crippen molar-refractivity contribution in [2.24, 2.45) is 17.6 Å². The summed E-state index contributed by atoms with van der Waals surface area (Å²) in [5.41, 5.74) is 8.74. The number of halogens is 1. The van der Waals surface area contributed by atoms with E-state index < -0.39 is 17.7 Å². The van der Waals surface area contributed by atoms with Gasteiger partial charge < -0.3 is 20.4 Å². The summed E-state index contributed by atoms with van der Waals surface area (Å²) in [6, 6.07) is 15.6. The van der Waals surface area contributed by atoms with Crippen molar-refractivity contribution < 1.29 is 14.3 Å². The number of nitrogens with one attached hydrogen (secondary N) is 1. The van der Waals surface area contributed by atoms with Crippen LogP contribution in [0.1, 0.15) is 49.4 Å². The van der Waals surface area contributed by atoms with E-state index in [0.717, 1.165) is 42.7 Å². The SMILES string of the molecule is CCCCCC1(c2ccc(Cl)cc2)CN(C(=O)[C@H](Cc2ccc(OC)cc2)C(Cc2cnc[nH]2)C(N)=O)C1. The molecular formula is C30H37ClN4O3. The van der Waals surface area contributed by atoms with Crippen molar-refractivity contribution in [3.8, 4) is 5.75 Å². The number of unbranched alkanes of at least 4 members (excludes halogenated alkanes) is 2. The predicted molar refractivity (Wildman–Crippen MR) is 149 cm³/mol. The number of carbonyl (C=O) groups is 2. The van der Waals surface area contributed by atoms with E-state index in [2.05, 4.69) is 29.0 Å². The Hall–Kier alpha value is -3.32. The number of nitrogens with two attached hydrogens (primary N) is 1. The standard InChI is InChI=1S/C30H37ClN4O3/c1-3-4-5-14-30(22-8-10-23(31)11-9-22)18-35(19-30)29(37)27(15-21-6-12-25(38-2)13-7-21)26(28(32)36)16-24-17-33-20-34-24/h6-13,17,20,26-27H,3-5,14-16,18-19H2,1-2H3,(H2,32,36)(H,33,34)/t26?,27-/m1/s1. The minimum atomic E-state index is -0.671. The molecule has 7 nitrogen and oxygen atoms in total. The van der Waals surface area contributed by atoms with Gasteiger partial charge in [-0.25, -0.2) is 4.98 Å². The molecule has 1 unspecified atom stereocenters. The van der Waals surface area contributed by atoms with E-state index in [0.29, 0.717) is 31.0 Å². The number of primary amides is 1. The molecule has 202 valence electrons. The number of rotatable bonds is 13. The molecule has 0 aliphatic carbocycles. The highest BCUT2D eigenvalue weighted by Crippen LogP contribution is 2.41. The first-order chi connectivity index (χ1) is 18.3. The predicted octanol–water partition coefficient (Wildman–Crippen LogP) is 4.94. The highest BCUT2D eigenvalue weighted by atomic mass is 35.5. The van der Waals surface area contributed by atoms with Crippen LogP contribution >= 0.6 is 11.6 Å². The number of amides is 2. The van der Waals surface area contributed by atoms with Crippen molar-refractivity contribution in [1.29, 1.82) is 0 Å². The molecule has 3 N–H and O–H groups in total. The minimum Gasteiger partial charge on any atom is -0.497 e. The number of aromatic nitrogens is 2. The Morgan fingerprint density at radius 2 is 1.79 bits per heavy atom. The molecule has 4 rings (SSSR count). The molecule has 1 aromatic heterocycles. The lowest BCUT2D eigenvalue weighted by molar-refractivity contribution is -0.148. The lowest BCUT2D eigenvalue weighted by Gasteiger charge is -2.52. The summed E-state index contributed by atoms with van der Waals surface area (Å²) in [6.45, 7) is 3.43. The fraction of sp³-hybridized carbons (Fsp3) is 0.433. The fourth-order valence-corrected chi connectivity index (χ4v) is 5.69. The number of H-pyrrole nitrogens is 1. The molecule has 1 aliphatic heterocycles. The lowest BCUT2D eigenvalue weighted by atomic mass is 9.69. The van der Waals surface area contributed by atoms with Crippen molar-refractivity contribution in [3.05, 3.63) is 82.9 Å². The third kappa shape index (κ3) is 6.38. The van der Waals surface area contributed by atoms with Crippen LogP contribution in [-0.4, -0.2) is 46.9 Å². The molecule has 8 heteroatoms. The van der Waals surface area contributed by atoms with Gasteiger partial charge in [-0.1, -0.05) is 62.1 Å². The first-order valence-corrected chi connectivity index (χ1v) is 13.7. The summed E-state index contributed by atoms with van der Waals surface area (Å²) < 4.78 is 5.29. The van der Waals surface area contributed by atoms with Gasteiger partial charge in [0.1, 0.15) is 5.75 Å². The molecule has 1 saturated heterocycles. The molecule has 0 radical (unpaired) electrons. The molecule has 1 fully saturated rings. The van der Waals surface area contributed by atoms with E-state index in [9.17, 15) is 9.59 Å². The summed E-state index contributed by atoms with van der Waals surface area (Å²) in [5.74, 6) is -1.05. The van der Waals surface area contributed by atoms with Crippen LogP contribution in [0.5, 0.6) is 5.75 Å². The maximum absolute atomic E-state index is 14.1. The molecule has 0 saturated carbocycles. The summed E-state index contributed by atoms with van der Waals surface area (Å²) in [5, 5.41) is 0.701. The van der Waals surface area contributed by atoms with Gasteiger partial charge in [0.25, 0.3) is 0 Å². The highest BCUT2D eigenvalue weighted by molar-refractivity contribution is 6.30. The zero-order chi connectivity index (χ0) is 27.1. The molecule has 38 heavy (non-hydrogen) atoms. The first kappa shape index (κ1) is 27.7. The van der Waals surface area contributed by atoms with Crippen LogP contribution in [0, 0.1) is 11.8 Å². The average molecular weight is 537 g/mol. The smallest absolute Gasteiger partial charge is 0.226 e. The number of methoxy groups -OCH3 is 1. The van der Waals surface area contributed by atoms with E-state index in [-0.39, 0.29) is 11.3 Å².